The van der Waals surface area contributed by atoms with E-state index in [0.29, 0.717) is 12.5 Å². The third kappa shape index (κ3) is 4.28. The minimum absolute atomic E-state index is 0.0753. The second kappa shape index (κ2) is 7.70. The van der Waals surface area contributed by atoms with Crippen molar-refractivity contribution in [2.45, 2.75) is 31.2 Å². The highest BCUT2D eigenvalue weighted by molar-refractivity contribution is 7.89. The quantitative estimate of drug-likeness (QED) is 0.618. The molecule has 9 heteroatoms. The molecule has 2 rings (SSSR count). The number of sulfonamides is 1. The third-order valence-corrected chi connectivity index (χ3v) is 5.04. The van der Waals surface area contributed by atoms with E-state index in [-0.39, 0.29) is 17.2 Å². The Morgan fingerprint density at radius 1 is 1.55 bits per heavy atom. The van der Waals surface area contributed by atoms with E-state index in [9.17, 15) is 13.2 Å². The first kappa shape index (κ1) is 16.9. The zero-order chi connectivity index (χ0) is 16.0. The number of esters is 1. The number of piperidine rings is 1. The number of nitrogens with zero attached hydrogens (tertiary/aromatic N) is 1. The van der Waals surface area contributed by atoms with E-state index in [1.165, 1.54) is 0 Å². The smallest absolute Gasteiger partial charge is 0.342 e. The van der Waals surface area contributed by atoms with Crippen LogP contribution in [0.25, 0.3) is 0 Å². The minimum Gasteiger partial charge on any atom is -0.462 e. The van der Waals surface area contributed by atoms with Crippen molar-refractivity contribution in [3.8, 4) is 0 Å². The van der Waals surface area contributed by atoms with E-state index in [2.05, 4.69) is 20.2 Å². The van der Waals surface area contributed by atoms with Gasteiger partial charge in [-0.25, -0.2) is 17.9 Å². The van der Waals surface area contributed by atoms with Gasteiger partial charge in [0.2, 0.25) is 0 Å². The second-order valence-corrected chi connectivity index (χ2v) is 6.94. The minimum atomic E-state index is -3.80. The topological polar surface area (TPSA) is 113 Å². The molecule has 1 unspecified atom stereocenters. The van der Waals surface area contributed by atoms with Crippen LogP contribution in [0.4, 0.5) is 0 Å². The predicted octanol–water partition coefficient (Wildman–Crippen LogP) is 0.254. The monoisotopic (exact) mass is 330 g/mol. The number of carbonyl (C=O) groups excluding carboxylic acids is 1. The molecule has 1 aliphatic rings. The number of hydrogen-bond acceptors (Lipinski definition) is 6. The first-order chi connectivity index (χ1) is 10.5. The number of aromatic amines is 1. The molecule has 124 valence electrons. The fourth-order valence-electron chi connectivity index (χ4n) is 2.47. The molecule has 1 saturated heterocycles. The van der Waals surface area contributed by atoms with Crippen LogP contribution < -0.4 is 10.0 Å². The molecular formula is C13H22N4O4S. The molecule has 1 aromatic rings. The molecule has 0 bridgehead atoms. The summed E-state index contributed by atoms with van der Waals surface area (Å²) in [5, 5.41) is 9.05. The Kier molecular flexibility index (Phi) is 5.92. The Labute approximate surface area is 130 Å². The van der Waals surface area contributed by atoms with E-state index in [1.807, 2.05) is 0 Å². The van der Waals surface area contributed by atoms with Crippen LogP contribution in [0.2, 0.25) is 0 Å². The fraction of sp³-hybridized carbons (Fsp3) is 0.692. The SMILES string of the molecule is CCOC(=O)c1cn[nH]c1S(=O)(=O)NCCC1CCCNC1. The lowest BCUT2D eigenvalue weighted by Gasteiger charge is -2.22. The van der Waals surface area contributed by atoms with Gasteiger partial charge in [0, 0.05) is 6.54 Å². The average molecular weight is 330 g/mol. The Bertz CT molecular complexity index is 593. The van der Waals surface area contributed by atoms with E-state index in [1.54, 1.807) is 6.92 Å². The van der Waals surface area contributed by atoms with Crippen molar-refractivity contribution in [1.29, 1.82) is 0 Å². The van der Waals surface area contributed by atoms with Crippen molar-refractivity contribution in [2.24, 2.45) is 5.92 Å². The summed E-state index contributed by atoms with van der Waals surface area (Å²) in [5.41, 5.74) is -0.0753. The van der Waals surface area contributed by atoms with Crippen molar-refractivity contribution in [3.63, 3.8) is 0 Å². The Morgan fingerprint density at radius 3 is 3.05 bits per heavy atom. The molecule has 0 saturated carbocycles. The summed E-state index contributed by atoms with van der Waals surface area (Å²) in [6.07, 6.45) is 4.14. The summed E-state index contributed by atoms with van der Waals surface area (Å²) in [6.45, 7) is 4.10. The zero-order valence-corrected chi connectivity index (χ0v) is 13.4. The van der Waals surface area contributed by atoms with Gasteiger partial charge >= 0.3 is 5.97 Å². The van der Waals surface area contributed by atoms with Crippen LogP contribution in [0.3, 0.4) is 0 Å². The third-order valence-electron chi connectivity index (χ3n) is 3.61. The molecule has 0 amide bonds. The summed E-state index contributed by atoms with van der Waals surface area (Å²) in [5.74, 6) is -0.226. The number of H-pyrrole nitrogens is 1. The van der Waals surface area contributed by atoms with Crippen molar-refractivity contribution < 1.29 is 17.9 Å². The van der Waals surface area contributed by atoms with Crippen molar-refractivity contribution in [3.05, 3.63) is 11.8 Å². The number of rotatable bonds is 7. The molecule has 2 heterocycles. The Hall–Kier alpha value is -1.45. The maximum absolute atomic E-state index is 12.3. The Morgan fingerprint density at radius 2 is 2.36 bits per heavy atom. The van der Waals surface area contributed by atoms with Crippen LogP contribution >= 0.6 is 0 Å². The van der Waals surface area contributed by atoms with Crippen molar-refractivity contribution >= 4 is 16.0 Å². The van der Waals surface area contributed by atoms with Crippen LogP contribution in [0.5, 0.6) is 0 Å². The molecule has 0 radical (unpaired) electrons. The highest BCUT2D eigenvalue weighted by Crippen LogP contribution is 2.15. The number of hydrogen-bond donors (Lipinski definition) is 3. The molecule has 1 aliphatic heterocycles. The molecule has 22 heavy (non-hydrogen) atoms. The summed E-state index contributed by atoms with van der Waals surface area (Å²) in [7, 11) is -3.80. The summed E-state index contributed by atoms with van der Waals surface area (Å²) >= 11 is 0. The summed E-state index contributed by atoms with van der Waals surface area (Å²) < 4.78 is 31.9. The molecule has 0 aliphatic carbocycles. The lowest BCUT2D eigenvalue weighted by molar-refractivity contribution is 0.0522. The maximum atomic E-state index is 12.3. The van der Waals surface area contributed by atoms with E-state index >= 15 is 0 Å². The lowest BCUT2D eigenvalue weighted by Crippen LogP contribution is -2.33. The van der Waals surface area contributed by atoms with Crippen LogP contribution in [-0.2, 0) is 14.8 Å². The van der Waals surface area contributed by atoms with Crippen LogP contribution in [0, 0.1) is 5.92 Å². The molecule has 1 atom stereocenters. The Balaban J connectivity index is 1.95. The molecule has 3 N–H and O–H groups in total. The highest BCUT2D eigenvalue weighted by atomic mass is 32.2. The fourth-order valence-corrected chi connectivity index (χ4v) is 3.60. The lowest BCUT2D eigenvalue weighted by atomic mass is 9.96. The van der Waals surface area contributed by atoms with Crippen LogP contribution in [-0.4, -0.2) is 50.8 Å². The van der Waals surface area contributed by atoms with Gasteiger partial charge in [0.05, 0.1) is 12.8 Å². The van der Waals surface area contributed by atoms with Crippen molar-refractivity contribution in [1.82, 2.24) is 20.2 Å². The molecule has 8 nitrogen and oxygen atoms in total. The van der Waals surface area contributed by atoms with Crippen LogP contribution in [0.15, 0.2) is 11.2 Å². The average Bonchev–Trinajstić information content (AvgIpc) is 2.99. The van der Waals surface area contributed by atoms with E-state index in [0.717, 1.165) is 38.5 Å². The van der Waals surface area contributed by atoms with Crippen LogP contribution in [0.1, 0.15) is 36.5 Å². The van der Waals surface area contributed by atoms with Gasteiger partial charge in [-0.1, -0.05) is 0 Å². The first-order valence-electron chi connectivity index (χ1n) is 7.45. The maximum Gasteiger partial charge on any atom is 0.342 e. The van der Waals surface area contributed by atoms with Gasteiger partial charge in [-0.15, -0.1) is 0 Å². The molecular weight excluding hydrogens is 308 g/mol. The number of aromatic nitrogens is 2. The molecule has 0 aromatic carbocycles. The second-order valence-electron chi connectivity index (χ2n) is 5.23. The standard InChI is InChI=1S/C13H22N4O4S/c1-2-21-13(18)11-9-15-17-12(11)22(19,20)16-7-5-10-4-3-6-14-8-10/h9-10,14,16H,2-8H2,1H3,(H,15,17). The van der Waals surface area contributed by atoms with E-state index in [4.69, 9.17) is 4.74 Å². The van der Waals surface area contributed by atoms with Gasteiger partial charge in [-0.3, -0.25) is 5.10 Å². The highest BCUT2D eigenvalue weighted by Gasteiger charge is 2.26. The van der Waals surface area contributed by atoms with Gasteiger partial charge in [0.1, 0.15) is 5.56 Å². The van der Waals surface area contributed by atoms with E-state index < -0.39 is 16.0 Å². The van der Waals surface area contributed by atoms with Gasteiger partial charge < -0.3 is 10.1 Å². The molecule has 1 fully saturated rings. The largest absolute Gasteiger partial charge is 0.462 e. The van der Waals surface area contributed by atoms with Crippen molar-refractivity contribution in [2.75, 3.05) is 26.2 Å². The number of ether oxygens (including phenoxy) is 1. The summed E-state index contributed by atoms with van der Waals surface area (Å²) in [4.78, 5) is 11.7. The normalized spacial score (nSPS) is 19.0. The number of carbonyl (C=O) groups is 1. The first-order valence-corrected chi connectivity index (χ1v) is 8.93. The zero-order valence-electron chi connectivity index (χ0n) is 12.6. The molecule has 0 spiro atoms. The van der Waals surface area contributed by atoms with Gasteiger partial charge in [-0.05, 0) is 45.2 Å². The molecule has 1 aromatic heterocycles. The van der Waals surface area contributed by atoms with Gasteiger partial charge in [-0.2, -0.15) is 5.10 Å². The summed E-state index contributed by atoms with van der Waals surface area (Å²) in [6, 6.07) is 0. The predicted molar refractivity (Wildman–Crippen MR) is 79.9 cm³/mol. The van der Waals surface area contributed by atoms with Gasteiger partial charge in [0.25, 0.3) is 10.0 Å². The van der Waals surface area contributed by atoms with Gasteiger partial charge in [0.15, 0.2) is 5.03 Å². The number of nitrogens with one attached hydrogen (secondary N) is 3.